The van der Waals surface area contributed by atoms with Crippen molar-refractivity contribution in [1.29, 1.82) is 0 Å². The third-order valence-corrected chi connectivity index (χ3v) is 5.10. The standard InChI is InChI=1S/C20H25N5O3/c1-12-10-15(14(3)27-12)17-11-16(18-13(2)24-28-20(18)23-17)19(26)22-6-9-25-7-4-21-5-8-25/h10-11,21H,4-9H2,1-3H3,(H,22,26). The molecule has 0 aliphatic carbocycles. The molecule has 8 nitrogen and oxygen atoms in total. The number of pyridine rings is 1. The molecule has 4 heterocycles. The van der Waals surface area contributed by atoms with Gasteiger partial charge in [-0.15, -0.1) is 0 Å². The summed E-state index contributed by atoms with van der Waals surface area (Å²) in [5.41, 5.74) is 3.03. The number of piperazine rings is 1. The van der Waals surface area contributed by atoms with E-state index in [1.807, 2.05) is 26.8 Å². The number of aromatic nitrogens is 2. The second kappa shape index (κ2) is 7.73. The van der Waals surface area contributed by atoms with Gasteiger partial charge in [0.2, 0.25) is 0 Å². The number of carbonyl (C=O) groups is 1. The third kappa shape index (κ3) is 3.65. The number of rotatable bonds is 5. The van der Waals surface area contributed by atoms with Crippen molar-refractivity contribution in [1.82, 2.24) is 25.7 Å². The highest BCUT2D eigenvalue weighted by Crippen LogP contribution is 2.30. The minimum Gasteiger partial charge on any atom is -0.466 e. The largest absolute Gasteiger partial charge is 0.466 e. The zero-order chi connectivity index (χ0) is 19.7. The number of hydrogen-bond donors (Lipinski definition) is 2. The van der Waals surface area contributed by atoms with E-state index in [4.69, 9.17) is 8.94 Å². The van der Waals surface area contributed by atoms with Crippen LogP contribution in [-0.2, 0) is 0 Å². The van der Waals surface area contributed by atoms with Crippen molar-refractivity contribution >= 4 is 17.0 Å². The summed E-state index contributed by atoms with van der Waals surface area (Å²) >= 11 is 0. The van der Waals surface area contributed by atoms with E-state index in [0.717, 1.165) is 49.8 Å². The van der Waals surface area contributed by atoms with Crippen molar-refractivity contribution in [2.75, 3.05) is 39.3 Å². The van der Waals surface area contributed by atoms with Crippen molar-refractivity contribution in [3.8, 4) is 11.3 Å². The molecule has 0 aromatic carbocycles. The van der Waals surface area contributed by atoms with Crippen LogP contribution in [0, 0.1) is 20.8 Å². The summed E-state index contributed by atoms with van der Waals surface area (Å²) in [5, 5.41) is 11.0. The number of furan rings is 1. The second-order valence-electron chi connectivity index (χ2n) is 7.18. The second-order valence-corrected chi connectivity index (χ2v) is 7.18. The van der Waals surface area contributed by atoms with Crippen LogP contribution in [0.2, 0.25) is 0 Å². The zero-order valence-electron chi connectivity index (χ0n) is 16.5. The molecule has 1 fully saturated rings. The Labute approximate surface area is 163 Å². The van der Waals surface area contributed by atoms with Crippen molar-refractivity contribution in [2.45, 2.75) is 20.8 Å². The molecule has 8 heteroatoms. The molecule has 3 aromatic rings. The monoisotopic (exact) mass is 383 g/mol. The van der Waals surface area contributed by atoms with Crippen LogP contribution in [0.4, 0.5) is 0 Å². The molecular formula is C20H25N5O3. The fraction of sp³-hybridized carbons (Fsp3) is 0.450. The number of hydrogen-bond acceptors (Lipinski definition) is 7. The van der Waals surface area contributed by atoms with Gasteiger partial charge in [-0.1, -0.05) is 5.16 Å². The van der Waals surface area contributed by atoms with Crippen molar-refractivity contribution < 1.29 is 13.7 Å². The Balaban J connectivity index is 1.60. The first kappa shape index (κ1) is 18.6. The molecule has 1 aliphatic heterocycles. The summed E-state index contributed by atoms with van der Waals surface area (Å²) in [6, 6.07) is 3.71. The molecule has 4 rings (SSSR count). The van der Waals surface area contributed by atoms with Gasteiger partial charge in [-0.05, 0) is 32.9 Å². The van der Waals surface area contributed by atoms with Crippen LogP contribution in [0.1, 0.15) is 27.6 Å². The van der Waals surface area contributed by atoms with Crippen molar-refractivity contribution in [3.05, 3.63) is 34.9 Å². The lowest BCUT2D eigenvalue weighted by Gasteiger charge is -2.27. The summed E-state index contributed by atoms with van der Waals surface area (Å²) in [5.74, 6) is 1.41. The van der Waals surface area contributed by atoms with Gasteiger partial charge in [0.15, 0.2) is 0 Å². The lowest BCUT2D eigenvalue weighted by molar-refractivity contribution is 0.0949. The predicted molar refractivity (Wildman–Crippen MR) is 105 cm³/mol. The maximum absolute atomic E-state index is 13.0. The lowest BCUT2D eigenvalue weighted by Crippen LogP contribution is -2.46. The van der Waals surface area contributed by atoms with Crippen LogP contribution < -0.4 is 10.6 Å². The van der Waals surface area contributed by atoms with Crippen molar-refractivity contribution in [2.24, 2.45) is 0 Å². The molecule has 0 bridgehead atoms. The molecular weight excluding hydrogens is 358 g/mol. The van der Waals surface area contributed by atoms with E-state index in [0.29, 0.717) is 34.6 Å². The van der Waals surface area contributed by atoms with Crippen LogP contribution in [0.3, 0.4) is 0 Å². The SMILES string of the molecule is Cc1cc(-c2cc(C(=O)NCCN3CCNCC3)c3c(C)noc3n2)c(C)o1. The first-order valence-electron chi connectivity index (χ1n) is 9.58. The van der Waals surface area contributed by atoms with Gasteiger partial charge in [-0.2, -0.15) is 0 Å². The highest BCUT2D eigenvalue weighted by Gasteiger charge is 2.21. The molecule has 2 N–H and O–H groups in total. The Morgan fingerprint density at radius 2 is 2.04 bits per heavy atom. The first-order chi connectivity index (χ1) is 13.5. The summed E-state index contributed by atoms with van der Waals surface area (Å²) in [6.07, 6.45) is 0. The number of carbonyl (C=O) groups excluding carboxylic acids is 1. The summed E-state index contributed by atoms with van der Waals surface area (Å²) in [6.45, 7) is 11.0. The number of nitrogens with one attached hydrogen (secondary N) is 2. The Morgan fingerprint density at radius 1 is 1.25 bits per heavy atom. The summed E-state index contributed by atoms with van der Waals surface area (Å²) in [7, 11) is 0. The van der Waals surface area contributed by atoms with Gasteiger partial charge in [0, 0.05) is 44.8 Å². The smallest absolute Gasteiger partial charge is 0.259 e. The molecule has 0 spiro atoms. The minimum atomic E-state index is -0.145. The maximum Gasteiger partial charge on any atom is 0.259 e. The summed E-state index contributed by atoms with van der Waals surface area (Å²) < 4.78 is 11.0. The van der Waals surface area contributed by atoms with Crippen LogP contribution in [-0.4, -0.2) is 60.2 Å². The molecule has 0 atom stereocenters. The van der Waals surface area contributed by atoms with Gasteiger partial charge in [0.05, 0.1) is 22.3 Å². The van der Waals surface area contributed by atoms with E-state index in [-0.39, 0.29) is 5.91 Å². The van der Waals surface area contributed by atoms with Gasteiger partial charge in [0.25, 0.3) is 11.6 Å². The molecule has 28 heavy (non-hydrogen) atoms. The van der Waals surface area contributed by atoms with Gasteiger partial charge in [-0.25, -0.2) is 4.98 Å². The molecule has 3 aromatic heterocycles. The van der Waals surface area contributed by atoms with E-state index in [2.05, 4.69) is 25.7 Å². The predicted octanol–water partition coefficient (Wildman–Crippen LogP) is 2.04. The zero-order valence-corrected chi connectivity index (χ0v) is 16.5. The Hall–Kier alpha value is -2.71. The fourth-order valence-electron chi connectivity index (χ4n) is 3.65. The molecule has 148 valence electrons. The highest BCUT2D eigenvalue weighted by molar-refractivity contribution is 6.07. The van der Waals surface area contributed by atoms with E-state index in [1.54, 1.807) is 6.07 Å². The van der Waals surface area contributed by atoms with Crippen LogP contribution in [0.15, 0.2) is 21.1 Å². The molecule has 0 radical (unpaired) electrons. The lowest BCUT2D eigenvalue weighted by atomic mass is 10.1. The van der Waals surface area contributed by atoms with E-state index >= 15 is 0 Å². The number of aryl methyl sites for hydroxylation is 3. The van der Waals surface area contributed by atoms with Gasteiger partial charge >= 0.3 is 0 Å². The van der Waals surface area contributed by atoms with Crippen molar-refractivity contribution in [3.63, 3.8) is 0 Å². The van der Waals surface area contributed by atoms with E-state index in [9.17, 15) is 4.79 Å². The van der Waals surface area contributed by atoms with Crippen LogP contribution in [0.5, 0.6) is 0 Å². The Bertz CT molecular complexity index is 1000. The van der Waals surface area contributed by atoms with E-state index < -0.39 is 0 Å². The summed E-state index contributed by atoms with van der Waals surface area (Å²) in [4.78, 5) is 19.9. The van der Waals surface area contributed by atoms with Gasteiger partial charge < -0.3 is 19.6 Å². The Morgan fingerprint density at radius 3 is 2.75 bits per heavy atom. The van der Waals surface area contributed by atoms with Gasteiger partial charge in [-0.3, -0.25) is 9.69 Å². The molecule has 1 aliphatic rings. The third-order valence-electron chi connectivity index (χ3n) is 5.10. The minimum absolute atomic E-state index is 0.145. The number of fused-ring (bicyclic) bond motifs is 1. The fourth-order valence-corrected chi connectivity index (χ4v) is 3.65. The number of amides is 1. The average molecular weight is 383 g/mol. The first-order valence-corrected chi connectivity index (χ1v) is 9.58. The molecule has 0 unspecified atom stereocenters. The molecule has 1 amide bonds. The number of nitrogens with zero attached hydrogens (tertiary/aromatic N) is 3. The van der Waals surface area contributed by atoms with Crippen LogP contribution in [0.25, 0.3) is 22.4 Å². The Kier molecular flexibility index (Phi) is 5.15. The highest BCUT2D eigenvalue weighted by atomic mass is 16.5. The maximum atomic E-state index is 13.0. The molecule has 0 saturated carbocycles. The quantitative estimate of drug-likeness (QED) is 0.696. The van der Waals surface area contributed by atoms with E-state index in [1.165, 1.54) is 0 Å². The normalized spacial score (nSPS) is 15.2. The van der Waals surface area contributed by atoms with Crippen LogP contribution >= 0.6 is 0 Å². The topological polar surface area (TPSA) is 96.4 Å². The average Bonchev–Trinajstić information content (AvgIpc) is 3.23. The molecule has 1 saturated heterocycles. The van der Waals surface area contributed by atoms with Gasteiger partial charge in [0.1, 0.15) is 11.5 Å².